The van der Waals surface area contributed by atoms with Crippen LogP contribution in [0.15, 0.2) is 18.2 Å². The van der Waals surface area contributed by atoms with E-state index in [9.17, 15) is 0 Å². The maximum atomic E-state index is 6.26. The molecule has 0 spiro atoms. The van der Waals surface area contributed by atoms with Crippen LogP contribution in [-0.4, -0.2) is 18.6 Å². The first-order valence-corrected chi connectivity index (χ1v) is 6.87. The fourth-order valence-corrected chi connectivity index (χ4v) is 3.46. The van der Waals surface area contributed by atoms with Gasteiger partial charge >= 0.3 is 0 Å². The Kier molecular flexibility index (Phi) is 2.83. The van der Waals surface area contributed by atoms with Gasteiger partial charge in [-0.2, -0.15) is 0 Å². The van der Waals surface area contributed by atoms with Crippen LogP contribution in [0.1, 0.15) is 36.8 Å². The summed E-state index contributed by atoms with van der Waals surface area (Å²) in [6.07, 6.45) is 6.27. The molecule has 1 aromatic carbocycles. The molecule has 1 aliphatic carbocycles. The molecule has 0 amide bonds. The molecular weight excluding hydrogens is 208 g/mol. The van der Waals surface area contributed by atoms with Crippen molar-refractivity contribution in [2.75, 3.05) is 11.4 Å². The molecule has 1 fully saturated rings. The third-order valence-electron chi connectivity index (χ3n) is 4.32. The molecule has 1 saturated carbocycles. The first-order valence-electron chi connectivity index (χ1n) is 6.87. The number of anilines is 1. The molecule has 2 nitrogen and oxygen atoms in total. The lowest BCUT2D eigenvalue weighted by Crippen LogP contribution is -2.46. The van der Waals surface area contributed by atoms with E-state index in [1.807, 2.05) is 0 Å². The number of nitrogens with zero attached hydrogens (tertiary/aromatic N) is 1. The Morgan fingerprint density at radius 1 is 1.24 bits per heavy atom. The molecule has 2 unspecified atom stereocenters. The zero-order valence-electron chi connectivity index (χ0n) is 10.7. The van der Waals surface area contributed by atoms with E-state index in [0.717, 1.165) is 0 Å². The van der Waals surface area contributed by atoms with Gasteiger partial charge in [0, 0.05) is 24.3 Å². The maximum absolute atomic E-state index is 6.26. The first-order chi connectivity index (χ1) is 8.25. The van der Waals surface area contributed by atoms with Gasteiger partial charge in [0.25, 0.3) is 0 Å². The highest BCUT2D eigenvalue weighted by Gasteiger charge is 2.31. The van der Waals surface area contributed by atoms with Gasteiger partial charge < -0.3 is 10.6 Å². The number of aryl methyl sites for hydroxylation is 2. The minimum absolute atomic E-state index is 0.377. The van der Waals surface area contributed by atoms with Crippen LogP contribution in [0, 0.1) is 6.92 Å². The van der Waals surface area contributed by atoms with Crippen LogP contribution in [0.4, 0.5) is 5.69 Å². The molecule has 2 atom stereocenters. The highest BCUT2D eigenvalue weighted by atomic mass is 15.2. The number of rotatable bonds is 1. The van der Waals surface area contributed by atoms with E-state index in [1.165, 1.54) is 55.5 Å². The van der Waals surface area contributed by atoms with Crippen molar-refractivity contribution in [1.29, 1.82) is 0 Å². The number of hydrogen-bond donors (Lipinski definition) is 1. The molecule has 17 heavy (non-hydrogen) atoms. The number of benzene rings is 1. The smallest absolute Gasteiger partial charge is 0.0441 e. The predicted octanol–water partition coefficient (Wildman–Crippen LogP) is 2.63. The van der Waals surface area contributed by atoms with Crippen LogP contribution in [-0.2, 0) is 6.42 Å². The van der Waals surface area contributed by atoms with Gasteiger partial charge in [-0.15, -0.1) is 0 Å². The topological polar surface area (TPSA) is 29.3 Å². The van der Waals surface area contributed by atoms with E-state index in [4.69, 9.17) is 5.73 Å². The van der Waals surface area contributed by atoms with Gasteiger partial charge in [0.05, 0.1) is 0 Å². The predicted molar refractivity (Wildman–Crippen MR) is 72.5 cm³/mol. The molecule has 3 rings (SSSR count). The molecule has 1 heterocycles. The molecule has 0 bridgehead atoms. The molecule has 1 aromatic rings. The van der Waals surface area contributed by atoms with Crippen LogP contribution < -0.4 is 10.6 Å². The average Bonchev–Trinajstić information content (AvgIpc) is 2.74. The zero-order valence-corrected chi connectivity index (χ0v) is 10.7. The molecule has 92 valence electrons. The molecule has 2 aliphatic rings. The van der Waals surface area contributed by atoms with Crippen molar-refractivity contribution in [3.63, 3.8) is 0 Å². The minimum atomic E-state index is 0.377. The molecule has 2 heteroatoms. The van der Waals surface area contributed by atoms with Crippen molar-refractivity contribution in [3.8, 4) is 0 Å². The number of hydrogen-bond acceptors (Lipinski definition) is 2. The Labute approximate surface area is 104 Å². The second-order valence-corrected chi connectivity index (χ2v) is 5.59. The van der Waals surface area contributed by atoms with E-state index < -0.39 is 0 Å². The van der Waals surface area contributed by atoms with Crippen molar-refractivity contribution in [3.05, 3.63) is 29.3 Å². The third kappa shape index (κ3) is 1.95. The van der Waals surface area contributed by atoms with Crippen molar-refractivity contribution >= 4 is 5.69 Å². The van der Waals surface area contributed by atoms with Crippen molar-refractivity contribution in [1.82, 2.24) is 0 Å². The monoisotopic (exact) mass is 230 g/mol. The summed E-state index contributed by atoms with van der Waals surface area (Å²) in [5.74, 6) is 0. The van der Waals surface area contributed by atoms with Crippen LogP contribution in [0.2, 0.25) is 0 Å². The Hall–Kier alpha value is -1.02. The molecule has 1 aliphatic heterocycles. The van der Waals surface area contributed by atoms with E-state index in [-0.39, 0.29) is 0 Å². The lowest BCUT2D eigenvalue weighted by Gasteiger charge is -2.38. The highest BCUT2D eigenvalue weighted by Crippen LogP contribution is 2.34. The Morgan fingerprint density at radius 2 is 2.12 bits per heavy atom. The molecular formula is C15H22N2. The lowest BCUT2D eigenvalue weighted by atomic mass is 9.97. The van der Waals surface area contributed by atoms with Crippen LogP contribution >= 0.6 is 0 Å². The van der Waals surface area contributed by atoms with Crippen LogP contribution in [0.3, 0.4) is 0 Å². The molecule has 0 radical (unpaired) electrons. The second-order valence-electron chi connectivity index (χ2n) is 5.59. The third-order valence-corrected chi connectivity index (χ3v) is 4.32. The van der Waals surface area contributed by atoms with Gasteiger partial charge in [-0.3, -0.25) is 0 Å². The minimum Gasteiger partial charge on any atom is -0.367 e. The van der Waals surface area contributed by atoms with Gasteiger partial charge in [-0.05, 0) is 50.7 Å². The zero-order chi connectivity index (χ0) is 11.8. The summed E-state index contributed by atoms with van der Waals surface area (Å²) in [4.78, 5) is 2.58. The number of fused-ring (bicyclic) bond motifs is 1. The van der Waals surface area contributed by atoms with E-state index in [0.29, 0.717) is 12.1 Å². The van der Waals surface area contributed by atoms with Crippen LogP contribution in [0.25, 0.3) is 0 Å². The van der Waals surface area contributed by atoms with Crippen molar-refractivity contribution in [2.24, 2.45) is 5.73 Å². The molecule has 2 N–H and O–H groups in total. The largest absolute Gasteiger partial charge is 0.367 e. The first kappa shape index (κ1) is 11.1. The summed E-state index contributed by atoms with van der Waals surface area (Å²) < 4.78 is 0. The molecule has 0 saturated heterocycles. The van der Waals surface area contributed by atoms with Crippen molar-refractivity contribution in [2.45, 2.75) is 51.1 Å². The summed E-state index contributed by atoms with van der Waals surface area (Å²) in [6, 6.07) is 7.84. The van der Waals surface area contributed by atoms with Crippen molar-refractivity contribution < 1.29 is 0 Å². The normalized spacial score (nSPS) is 28.2. The lowest BCUT2D eigenvalue weighted by molar-refractivity contribution is 0.522. The molecule has 0 aromatic heterocycles. The Morgan fingerprint density at radius 3 is 2.88 bits per heavy atom. The van der Waals surface area contributed by atoms with Gasteiger partial charge in [-0.25, -0.2) is 0 Å². The summed E-state index contributed by atoms with van der Waals surface area (Å²) in [5, 5.41) is 0. The Bertz CT molecular complexity index is 413. The van der Waals surface area contributed by atoms with E-state index >= 15 is 0 Å². The van der Waals surface area contributed by atoms with Gasteiger partial charge in [0.1, 0.15) is 0 Å². The van der Waals surface area contributed by atoms with Crippen LogP contribution in [0.5, 0.6) is 0 Å². The maximum Gasteiger partial charge on any atom is 0.0441 e. The van der Waals surface area contributed by atoms with Gasteiger partial charge in [0.2, 0.25) is 0 Å². The van der Waals surface area contributed by atoms with Gasteiger partial charge in [-0.1, -0.05) is 17.7 Å². The van der Waals surface area contributed by atoms with E-state index in [1.54, 1.807) is 0 Å². The van der Waals surface area contributed by atoms with E-state index in [2.05, 4.69) is 30.0 Å². The quantitative estimate of drug-likeness (QED) is 0.803. The standard InChI is InChI=1S/C15H22N2/c1-11-7-8-14-12(10-11)4-3-9-17(14)15-6-2-5-13(15)16/h7-8,10,13,15H,2-6,9,16H2,1H3. The highest BCUT2D eigenvalue weighted by molar-refractivity contribution is 5.57. The summed E-state index contributed by atoms with van der Waals surface area (Å²) in [7, 11) is 0. The second kappa shape index (κ2) is 4.34. The fourth-order valence-electron chi connectivity index (χ4n) is 3.46. The summed E-state index contributed by atoms with van der Waals surface area (Å²) in [5.41, 5.74) is 10.6. The number of nitrogens with two attached hydrogens (primary N) is 1. The summed E-state index contributed by atoms with van der Waals surface area (Å²) in [6.45, 7) is 3.37. The average molecular weight is 230 g/mol. The van der Waals surface area contributed by atoms with Gasteiger partial charge in [0.15, 0.2) is 0 Å². The fraction of sp³-hybridized carbons (Fsp3) is 0.600. The summed E-state index contributed by atoms with van der Waals surface area (Å²) >= 11 is 0. The Balaban J connectivity index is 1.93. The SMILES string of the molecule is Cc1ccc2c(c1)CCCN2C1CCCC1N.